The Morgan fingerprint density at radius 1 is 1.43 bits per heavy atom. The zero-order valence-corrected chi connectivity index (χ0v) is 14.1. The molecule has 2 fully saturated rings. The van der Waals surface area contributed by atoms with Crippen LogP contribution < -0.4 is 5.32 Å². The summed E-state index contributed by atoms with van der Waals surface area (Å²) in [7, 11) is 0. The number of ether oxygens (including phenoxy) is 1. The van der Waals surface area contributed by atoms with E-state index < -0.39 is 0 Å². The molecular weight excluding hydrogens is 329 g/mol. The van der Waals surface area contributed by atoms with Crippen LogP contribution in [-0.4, -0.2) is 32.1 Å². The molecule has 0 amide bonds. The van der Waals surface area contributed by atoms with E-state index in [1.54, 1.807) is 6.07 Å². The SMILES string of the molecule is O=C(c1cc(Cl)c(Cl)s1)C1(CC2CCOCC2)CCNC1. The average molecular weight is 348 g/mol. The first-order valence-electron chi connectivity index (χ1n) is 7.39. The lowest BCUT2D eigenvalue weighted by molar-refractivity contribution is 0.0451. The summed E-state index contributed by atoms with van der Waals surface area (Å²) in [4.78, 5) is 13.7. The van der Waals surface area contributed by atoms with Crippen LogP contribution in [0.4, 0.5) is 0 Å². The normalized spacial score (nSPS) is 27.1. The molecular formula is C15H19Cl2NO2S. The second-order valence-corrected chi connectivity index (χ2v) is 8.09. The molecule has 3 rings (SSSR count). The first-order valence-corrected chi connectivity index (χ1v) is 8.96. The molecule has 1 aromatic heterocycles. The fraction of sp³-hybridized carbons (Fsp3) is 0.667. The number of halogens is 2. The van der Waals surface area contributed by atoms with Crippen LogP contribution >= 0.6 is 34.5 Å². The Bertz CT molecular complexity index is 500. The van der Waals surface area contributed by atoms with Gasteiger partial charge in [0, 0.05) is 25.2 Å². The Morgan fingerprint density at radius 3 is 2.76 bits per heavy atom. The predicted octanol–water partition coefficient (Wildman–Crippen LogP) is 4.03. The van der Waals surface area contributed by atoms with Gasteiger partial charge in [-0.2, -0.15) is 0 Å². The number of carbonyl (C=O) groups is 1. The van der Waals surface area contributed by atoms with Gasteiger partial charge >= 0.3 is 0 Å². The van der Waals surface area contributed by atoms with E-state index in [-0.39, 0.29) is 11.2 Å². The summed E-state index contributed by atoms with van der Waals surface area (Å²) in [5, 5.41) is 3.84. The molecule has 0 radical (unpaired) electrons. The van der Waals surface area contributed by atoms with Crippen LogP contribution in [0.5, 0.6) is 0 Å². The van der Waals surface area contributed by atoms with Crippen molar-refractivity contribution in [3.63, 3.8) is 0 Å². The second-order valence-electron chi connectivity index (χ2n) is 6.03. The first-order chi connectivity index (χ1) is 10.1. The minimum atomic E-state index is -0.292. The minimum Gasteiger partial charge on any atom is -0.381 e. The van der Waals surface area contributed by atoms with E-state index in [0.29, 0.717) is 20.2 Å². The third-order valence-electron chi connectivity index (χ3n) is 4.61. The van der Waals surface area contributed by atoms with Crippen LogP contribution in [0.3, 0.4) is 0 Å². The van der Waals surface area contributed by atoms with Gasteiger partial charge in [-0.3, -0.25) is 4.79 Å². The lowest BCUT2D eigenvalue weighted by atomic mass is 9.73. The quantitative estimate of drug-likeness (QED) is 0.835. The maximum Gasteiger partial charge on any atom is 0.180 e. The van der Waals surface area contributed by atoms with Crippen LogP contribution in [0.1, 0.15) is 35.4 Å². The lowest BCUT2D eigenvalue weighted by Crippen LogP contribution is -2.36. The number of thiophene rings is 1. The molecule has 0 aliphatic carbocycles. The summed E-state index contributed by atoms with van der Waals surface area (Å²) in [5.41, 5.74) is -0.292. The lowest BCUT2D eigenvalue weighted by Gasteiger charge is -2.32. The van der Waals surface area contributed by atoms with Crippen LogP contribution in [0.25, 0.3) is 0 Å². The number of nitrogens with one attached hydrogen (secondary N) is 1. The highest BCUT2D eigenvalue weighted by Crippen LogP contribution is 2.42. The van der Waals surface area contributed by atoms with E-state index in [0.717, 1.165) is 52.0 Å². The summed E-state index contributed by atoms with van der Waals surface area (Å²) in [6.45, 7) is 3.30. The second kappa shape index (κ2) is 6.55. The zero-order chi connectivity index (χ0) is 14.9. The van der Waals surface area contributed by atoms with E-state index >= 15 is 0 Å². The molecule has 2 saturated heterocycles. The van der Waals surface area contributed by atoms with Gasteiger partial charge in [-0.1, -0.05) is 23.2 Å². The molecule has 1 unspecified atom stereocenters. The van der Waals surface area contributed by atoms with Gasteiger partial charge in [0.25, 0.3) is 0 Å². The molecule has 21 heavy (non-hydrogen) atoms. The molecule has 2 aliphatic heterocycles. The standard InChI is InChI=1S/C15H19Cl2NO2S/c16-11-7-12(21-14(11)17)13(19)15(3-4-18-9-15)8-10-1-5-20-6-2-10/h7,10,18H,1-6,8-9H2. The van der Waals surface area contributed by atoms with Gasteiger partial charge < -0.3 is 10.1 Å². The predicted molar refractivity (Wildman–Crippen MR) is 86.7 cm³/mol. The van der Waals surface area contributed by atoms with Crippen molar-refractivity contribution in [2.45, 2.75) is 25.7 Å². The first kappa shape index (κ1) is 15.8. The summed E-state index contributed by atoms with van der Waals surface area (Å²) < 4.78 is 5.93. The Labute approximate surface area is 139 Å². The van der Waals surface area contributed by atoms with Gasteiger partial charge in [-0.25, -0.2) is 0 Å². The molecule has 3 heterocycles. The third-order valence-corrected chi connectivity index (χ3v) is 6.48. The summed E-state index contributed by atoms with van der Waals surface area (Å²) in [6.07, 6.45) is 3.95. The van der Waals surface area contributed by atoms with Crippen LogP contribution in [0.2, 0.25) is 9.36 Å². The van der Waals surface area contributed by atoms with Crippen molar-refractivity contribution in [1.82, 2.24) is 5.32 Å². The Hall–Kier alpha value is -0.130. The maximum absolute atomic E-state index is 13.0. The summed E-state index contributed by atoms with van der Waals surface area (Å²) >= 11 is 13.3. The van der Waals surface area contributed by atoms with Crippen molar-refractivity contribution in [2.24, 2.45) is 11.3 Å². The van der Waals surface area contributed by atoms with Crippen LogP contribution in [-0.2, 0) is 4.74 Å². The van der Waals surface area contributed by atoms with Gasteiger partial charge in [0.05, 0.1) is 9.90 Å². The Balaban J connectivity index is 1.80. The largest absolute Gasteiger partial charge is 0.381 e. The smallest absolute Gasteiger partial charge is 0.180 e. The molecule has 0 spiro atoms. The number of hydrogen-bond acceptors (Lipinski definition) is 4. The molecule has 1 aromatic rings. The zero-order valence-electron chi connectivity index (χ0n) is 11.8. The van der Waals surface area contributed by atoms with Crippen molar-refractivity contribution in [2.75, 3.05) is 26.3 Å². The van der Waals surface area contributed by atoms with Crippen LogP contribution in [0.15, 0.2) is 6.07 Å². The molecule has 2 aliphatic rings. The average Bonchev–Trinajstić information content (AvgIpc) is 3.08. The molecule has 1 N–H and O–H groups in total. The molecule has 3 nitrogen and oxygen atoms in total. The van der Waals surface area contributed by atoms with Gasteiger partial charge in [0.2, 0.25) is 0 Å². The highest BCUT2D eigenvalue weighted by Gasteiger charge is 2.43. The highest BCUT2D eigenvalue weighted by molar-refractivity contribution is 7.18. The van der Waals surface area contributed by atoms with Crippen LogP contribution in [0, 0.1) is 11.3 Å². The fourth-order valence-electron chi connectivity index (χ4n) is 3.43. The van der Waals surface area contributed by atoms with Crippen molar-refractivity contribution < 1.29 is 9.53 Å². The minimum absolute atomic E-state index is 0.206. The molecule has 1 atom stereocenters. The van der Waals surface area contributed by atoms with Gasteiger partial charge in [-0.15, -0.1) is 11.3 Å². The number of Topliss-reactive ketones (excluding diaryl/α,β-unsaturated/α-hetero) is 1. The number of ketones is 1. The van der Waals surface area contributed by atoms with Gasteiger partial charge in [0.1, 0.15) is 4.34 Å². The van der Waals surface area contributed by atoms with Gasteiger partial charge in [0.15, 0.2) is 5.78 Å². The summed E-state index contributed by atoms with van der Waals surface area (Å²) in [5.74, 6) is 0.784. The number of hydrogen-bond donors (Lipinski definition) is 1. The third kappa shape index (κ3) is 3.30. The topological polar surface area (TPSA) is 38.3 Å². The fourth-order valence-corrected chi connectivity index (χ4v) is 4.86. The van der Waals surface area contributed by atoms with Crippen molar-refractivity contribution in [3.8, 4) is 0 Å². The Kier molecular flexibility index (Phi) is 4.91. The number of rotatable bonds is 4. The van der Waals surface area contributed by atoms with E-state index in [2.05, 4.69) is 5.32 Å². The van der Waals surface area contributed by atoms with E-state index in [9.17, 15) is 4.79 Å². The highest BCUT2D eigenvalue weighted by atomic mass is 35.5. The van der Waals surface area contributed by atoms with Crippen molar-refractivity contribution in [1.29, 1.82) is 0 Å². The molecule has 6 heteroatoms. The van der Waals surface area contributed by atoms with E-state index in [1.165, 1.54) is 11.3 Å². The maximum atomic E-state index is 13.0. The van der Waals surface area contributed by atoms with Crippen molar-refractivity contribution in [3.05, 3.63) is 20.3 Å². The molecule has 0 saturated carbocycles. The Morgan fingerprint density at radius 2 is 2.19 bits per heavy atom. The van der Waals surface area contributed by atoms with Gasteiger partial charge in [-0.05, 0) is 44.2 Å². The van der Waals surface area contributed by atoms with E-state index in [4.69, 9.17) is 27.9 Å². The molecule has 0 aromatic carbocycles. The molecule has 0 bridgehead atoms. The van der Waals surface area contributed by atoms with E-state index in [1.807, 2.05) is 0 Å². The molecule has 116 valence electrons. The monoisotopic (exact) mass is 347 g/mol. The van der Waals surface area contributed by atoms with Crippen molar-refractivity contribution >= 4 is 40.3 Å². The number of carbonyl (C=O) groups excluding carboxylic acids is 1. The summed E-state index contributed by atoms with van der Waals surface area (Å²) in [6, 6.07) is 1.72.